The molecule has 0 saturated heterocycles. The minimum atomic E-state index is -2.35. The molecule has 0 aliphatic carbocycles. The number of alkyl halides is 2. The summed E-state index contributed by atoms with van der Waals surface area (Å²) in [6.07, 6.45) is -1.45. The van der Waals surface area contributed by atoms with Crippen LogP contribution >= 0.6 is 0 Å². The molecule has 0 fully saturated rings. The van der Waals surface area contributed by atoms with Crippen molar-refractivity contribution >= 4 is 0 Å². The number of hydrogen-bond donors (Lipinski definition) is 1. The molecule has 0 radical (unpaired) electrons. The van der Waals surface area contributed by atoms with Crippen molar-refractivity contribution in [3.05, 3.63) is 35.4 Å². The van der Waals surface area contributed by atoms with Gasteiger partial charge >= 0.3 is 0 Å². The summed E-state index contributed by atoms with van der Waals surface area (Å²) in [4.78, 5) is 0. The first-order chi connectivity index (χ1) is 6.24. The first-order valence-electron chi connectivity index (χ1n) is 4.18. The number of rotatable bonds is 2. The van der Waals surface area contributed by atoms with E-state index < -0.39 is 6.43 Å². The molecule has 1 rings (SSSR count). The molecule has 74 valence electrons. The molecule has 0 spiro atoms. The maximum atomic E-state index is 12.0. The molecule has 0 atom stereocenters. The van der Waals surface area contributed by atoms with Gasteiger partial charge in [0, 0.05) is 5.56 Å². The number of nitrogens with two attached hydrogens (primary N) is 1. The SMILES string of the molecule is CCc1ccc(C(F)F)cc1.CN. The predicted octanol–water partition coefficient (Wildman–Crippen LogP) is 2.76. The normalized spacial score (nSPS) is 9.38. The Morgan fingerprint density at radius 3 is 1.92 bits per heavy atom. The van der Waals surface area contributed by atoms with Crippen LogP contribution in [0.15, 0.2) is 24.3 Å². The van der Waals surface area contributed by atoms with E-state index in [1.54, 1.807) is 12.1 Å². The molecular formula is C10H15F2N. The third-order valence-corrected chi connectivity index (χ3v) is 1.64. The second-order valence-corrected chi connectivity index (χ2v) is 2.40. The molecule has 0 unspecified atom stereocenters. The topological polar surface area (TPSA) is 26.0 Å². The lowest BCUT2D eigenvalue weighted by molar-refractivity contribution is 0.151. The molecule has 2 N–H and O–H groups in total. The average molecular weight is 187 g/mol. The van der Waals surface area contributed by atoms with Crippen LogP contribution in [0, 0.1) is 0 Å². The standard InChI is InChI=1S/C9H10F2.CH5N/c1-2-7-3-5-8(6-4-7)9(10)11;1-2/h3-6,9H,2H2,1H3;2H2,1H3. The van der Waals surface area contributed by atoms with Gasteiger partial charge in [-0.1, -0.05) is 31.2 Å². The highest BCUT2D eigenvalue weighted by Gasteiger charge is 2.04. The second kappa shape index (κ2) is 6.54. The van der Waals surface area contributed by atoms with Crippen molar-refractivity contribution in [1.82, 2.24) is 0 Å². The van der Waals surface area contributed by atoms with Crippen molar-refractivity contribution in [2.24, 2.45) is 5.73 Å². The zero-order valence-corrected chi connectivity index (χ0v) is 7.93. The Bertz CT molecular complexity index is 219. The monoisotopic (exact) mass is 187 g/mol. The molecular weight excluding hydrogens is 172 g/mol. The van der Waals surface area contributed by atoms with Gasteiger partial charge in [-0.25, -0.2) is 8.78 Å². The first kappa shape index (κ1) is 12.0. The lowest BCUT2D eigenvalue weighted by atomic mass is 10.1. The highest BCUT2D eigenvalue weighted by Crippen LogP contribution is 2.18. The molecule has 13 heavy (non-hydrogen) atoms. The molecule has 0 aliphatic heterocycles. The van der Waals surface area contributed by atoms with Crippen LogP contribution in [0.2, 0.25) is 0 Å². The van der Waals surface area contributed by atoms with Crippen molar-refractivity contribution in [1.29, 1.82) is 0 Å². The van der Waals surface area contributed by atoms with Gasteiger partial charge in [-0.3, -0.25) is 0 Å². The van der Waals surface area contributed by atoms with Crippen molar-refractivity contribution in [2.45, 2.75) is 19.8 Å². The van der Waals surface area contributed by atoms with Gasteiger partial charge in [0.05, 0.1) is 0 Å². The molecule has 1 aromatic carbocycles. The van der Waals surface area contributed by atoms with E-state index in [0.717, 1.165) is 12.0 Å². The minimum Gasteiger partial charge on any atom is -0.333 e. The van der Waals surface area contributed by atoms with E-state index in [0.29, 0.717) is 0 Å². The lowest BCUT2D eigenvalue weighted by Crippen LogP contribution is -1.84. The molecule has 0 aliphatic rings. The van der Waals surface area contributed by atoms with Crippen molar-refractivity contribution in [3.8, 4) is 0 Å². The van der Waals surface area contributed by atoms with E-state index in [-0.39, 0.29) is 5.56 Å². The maximum Gasteiger partial charge on any atom is 0.263 e. The molecule has 0 aromatic heterocycles. The highest BCUT2D eigenvalue weighted by molar-refractivity contribution is 5.22. The quantitative estimate of drug-likeness (QED) is 0.757. The summed E-state index contributed by atoms with van der Waals surface area (Å²) in [5.41, 5.74) is 5.69. The molecule has 3 heteroatoms. The zero-order valence-electron chi connectivity index (χ0n) is 7.93. The van der Waals surface area contributed by atoms with E-state index in [1.165, 1.54) is 19.2 Å². The Kier molecular flexibility index (Phi) is 6.06. The molecule has 1 aromatic rings. The van der Waals surface area contributed by atoms with Gasteiger partial charge in [0.15, 0.2) is 0 Å². The molecule has 0 amide bonds. The largest absolute Gasteiger partial charge is 0.333 e. The van der Waals surface area contributed by atoms with Gasteiger partial charge in [0.1, 0.15) is 0 Å². The zero-order chi connectivity index (χ0) is 10.3. The van der Waals surface area contributed by atoms with Crippen LogP contribution in [0.5, 0.6) is 0 Å². The molecule has 0 heterocycles. The maximum absolute atomic E-state index is 12.0. The fraction of sp³-hybridized carbons (Fsp3) is 0.400. The van der Waals surface area contributed by atoms with E-state index in [9.17, 15) is 8.78 Å². The van der Waals surface area contributed by atoms with E-state index in [4.69, 9.17) is 0 Å². The van der Waals surface area contributed by atoms with Gasteiger partial charge in [0.25, 0.3) is 6.43 Å². The highest BCUT2D eigenvalue weighted by atomic mass is 19.3. The summed E-state index contributed by atoms with van der Waals surface area (Å²) in [7, 11) is 1.50. The summed E-state index contributed by atoms with van der Waals surface area (Å²) in [6.45, 7) is 2.00. The fourth-order valence-electron chi connectivity index (χ4n) is 0.899. The minimum absolute atomic E-state index is 0.0993. The van der Waals surface area contributed by atoms with Gasteiger partial charge in [0.2, 0.25) is 0 Å². The predicted molar refractivity (Wildman–Crippen MR) is 50.9 cm³/mol. The number of aryl methyl sites for hydroxylation is 1. The summed E-state index contributed by atoms with van der Waals surface area (Å²) in [5.74, 6) is 0. The number of hydrogen-bond acceptors (Lipinski definition) is 1. The van der Waals surface area contributed by atoms with Crippen LogP contribution in [-0.2, 0) is 6.42 Å². The average Bonchev–Trinajstić information content (AvgIpc) is 2.21. The smallest absolute Gasteiger partial charge is 0.263 e. The molecule has 0 bridgehead atoms. The van der Waals surface area contributed by atoms with Crippen LogP contribution in [0.1, 0.15) is 24.5 Å². The summed E-state index contributed by atoms with van der Waals surface area (Å²) in [6, 6.07) is 6.43. The molecule has 1 nitrogen and oxygen atoms in total. The van der Waals surface area contributed by atoms with Crippen LogP contribution < -0.4 is 5.73 Å². The number of benzene rings is 1. The van der Waals surface area contributed by atoms with Gasteiger partial charge in [-0.15, -0.1) is 0 Å². The Morgan fingerprint density at radius 1 is 1.15 bits per heavy atom. The Hall–Kier alpha value is -0.960. The third-order valence-electron chi connectivity index (χ3n) is 1.64. The summed E-state index contributed by atoms with van der Waals surface area (Å²) < 4.78 is 24.0. The third kappa shape index (κ3) is 3.99. The van der Waals surface area contributed by atoms with Crippen molar-refractivity contribution in [2.75, 3.05) is 7.05 Å². The second-order valence-electron chi connectivity index (χ2n) is 2.40. The molecule has 0 saturated carbocycles. The Labute approximate surface area is 77.6 Å². The van der Waals surface area contributed by atoms with E-state index >= 15 is 0 Å². The lowest BCUT2D eigenvalue weighted by Gasteiger charge is -1.99. The number of halogens is 2. The van der Waals surface area contributed by atoms with Crippen molar-refractivity contribution in [3.63, 3.8) is 0 Å². The van der Waals surface area contributed by atoms with Gasteiger partial charge in [-0.2, -0.15) is 0 Å². The van der Waals surface area contributed by atoms with Crippen LogP contribution in [0.4, 0.5) is 8.78 Å². The van der Waals surface area contributed by atoms with Crippen LogP contribution in [0.25, 0.3) is 0 Å². The van der Waals surface area contributed by atoms with Crippen molar-refractivity contribution < 1.29 is 8.78 Å². The van der Waals surface area contributed by atoms with Gasteiger partial charge in [-0.05, 0) is 19.0 Å². The van der Waals surface area contributed by atoms with Crippen LogP contribution in [-0.4, -0.2) is 7.05 Å². The van der Waals surface area contributed by atoms with E-state index in [2.05, 4.69) is 5.73 Å². The first-order valence-corrected chi connectivity index (χ1v) is 4.18. The summed E-state index contributed by atoms with van der Waals surface area (Å²) >= 11 is 0. The summed E-state index contributed by atoms with van der Waals surface area (Å²) in [5, 5.41) is 0. The van der Waals surface area contributed by atoms with Crippen LogP contribution in [0.3, 0.4) is 0 Å². The van der Waals surface area contributed by atoms with E-state index in [1.807, 2.05) is 6.92 Å². The Morgan fingerprint density at radius 2 is 1.62 bits per heavy atom. The fourth-order valence-corrected chi connectivity index (χ4v) is 0.899. The van der Waals surface area contributed by atoms with Gasteiger partial charge < -0.3 is 5.73 Å². The Balaban J connectivity index is 0.000000671.